The van der Waals surface area contributed by atoms with Gasteiger partial charge in [-0.1, -0.05) is 6.07 Å². The van der Waals surface area contributed by atoms with E-state index in [1.165, 1.54) is 18.3 Å². The van der Waals surface area contributed by atoms with Crippen LogP contribution in [0.1, 0.15) is 10.5 Å². The summed E-state index contributed by atoms with van der Waals surface area (Å²) in [5, 5.41) is 2.46. The maximum absolute atomic E-state index is 13.5. The number of para-hydroxylation sites is 1. The minimum Gasteiger partial charge on any atom is -0.397 e. The second kappa shape index (κ2) is 4.58. The minimum atomic E-state index is -0.507. The highest BCUT2D eigenvalue weighted by atomic mass is 79.9. The number of halogens is 2. The van der Waals surface area contributed by atoms with Crippen molar-refractivity contribution in [3.63, 3.8) is 0 Å². The third-order valence-corrected chi connectivity index (χ3v) is 2.81. The van der Waals surface area contributed by atoms with E-state index >= 15 is 0 Å². The van der Waals surface area contributed by atoms with Gasteiger partial charge in [0.2, 0.25) is 0 Å². The van der Waals surface area contributed by atoms with Crippen LogP contribution in [0.4, 0.5) is 15.8 Å². The summed E-state index contributed by atoms with van der Waals surface area (Å²) in [6.07, 6.45) is 1.49. The smallest absolute Gasteiger partial charge is 0.272 e. The Balaban J connectivity index is 2.24. The van der Waals surface area contributed by atoms with Gasteiger partial charge in [0.25, 0.3) is 5.91 Å². The first-order valence-electron chi connectivity index (χ1n) is 4.77. The molecule has 0 aliphatic rings. The summed E-state index contributed by atoms with van der Waals surface area (Å²) >= 11 is 3.16. The van der Waals surface area contributed by atoms with Gasteiger partial charge in [-0.25, -0.2) is 4.39 Å². The molecule has 1 amide bonds. The Morgan fingerprint density at radius 2 is 2.24 bits per heavy atom. The number of nitrogens with two attached hydrogens (primary N) is 1. The Morgan fingerprint density at radius 1 is 1.47 bits per heavy atom. The van der Waals surface area contributed by atoms with E-state index in [0.29, 0.717) is 10.2 Å². The van der Waals surface area contributed by atoms with Crippen LogP contribution in [0.15, 0.2) is 34.9 Å². The molecule has 0 radical (unpaired) electrons. The third kappa shape index (κ3) is 2.47. The SMILES string of the molecule is Nc1c[nH]c(C(=O)Nc2c(F)cccc2Br)c1. The molecular formula is C11H9BrFN3O. The molecule has 4 nitrogen and oxygen atoms in total. The molecule has 0 atom stereocenters. The number of hydrogen-bond donors (Lipinski definition) is 3. The van der Waals surface area contributed by atoms with Crippen LogP contribution in [-0.4, -0.2) is 10.9 Å². The van der Waals surface area contributed by atoms with Crippen molar-refractivity contribution in [3.8, 4) is 0 Å². The molecule has 2 rings (SSSR count). The third-order valence-electron chi connectivity index (χ3n) is 2.15. The minimum absolute atomic E-state index is 0.102. The van der Waals surface area contributed by atoms with Gasteiger partial charge >= 0.3 is 0 Å². The number of carbonyl (C=O) groups is 1. The molecule has 0 spiro atoms. The number of aromatic amines is 1. The van der Waals surface area contributed by atoms with Gasteiger partial charge in [-0.05, 0) is 34.1 Å². The molecule has 0 fully saturated rings. The van der Waals surface area contributed by atoms with Crippen molar-refractivity contribution >= 4 is 33.2 Å². The van der Waals surface area contributed by atoms with Crippen molar-refractivity contribution in [2.75, 3.05) is 11.1 Å². The largest absolute Gasteiger partial charge is 0.397 e. The maximum atomic E-state index is 13.5. The van der Waals surface area contributed by atoms with Crippen LogP contribution in [0.5, 0.6) is 0 Å². The fourth-order valence-electron chi connectivity index (χ4n) is 1.34. The number of carbonyl (C=O) groups excluding carboxylic acids is 1. The standard InChI is InChI=1S/C11H9BrFN3O/c12-7-2-1-3-8(13)10(7)16-11(17)9-4-6(14)5-15-9/h1-5,15H,14H2,(H,16,17). The normalized spacial score (nSPS) is 10.2. The zero-order valence-electron chi connectivity index (χ0n) is 8.63. The predicted octanol–water partition coefficient (Wildman–Crippen LogP) is 2.75. The zero-order valence-corrected chi connectivity index (χ0v) is 10.2. The zero-order chi connectivity index (χ0) is 12.4. The quantitative estimate of drug-likeness (QED) is 0.797. The van der Waals surface area contributed by atoms with Crippen LogP contribution in [0.25, 0.3) is 0 Å². The molecule has 0 saturated carbocycles. The fraction of sp³-hybridized carbons (Fsp3) is 0. The van der Waals surface area contributed by atoms with Crippen molar-refractivity contribution in [1.82, 2.24) is 4.98 Å². The van der Waals surface area contributed by atoms with E-state index in [0.717, 1.165) is 0 Å². The van der Waals surface area contributed by atoms with Gasteiger partial charge < -0.3 is 16.0 Å². The van der Waals surface area contributed by atoms with E-state index in [1.54, 1.807) is 12.1 Å². The summed E-state index contributed by atoms with van der Waals surface area (Å²) in [7, 11) is 0. The van der Waals surface area contributed by atoms with Crippen molar-refractivity contribution in [2.24, 2.45) is 0 Å². The van der Waals surface area contributed by atoms with E-state index < -0.39 is 11.7 Å². The Kier molecular flexibility index (Phi) is 3.14. The molecule has 0 bridgehead atoms. The number of benzene rings is 1. The first kappa shape index (κ1) is 11.7. The summed E-state index contributed by atoms with van der Waals surface area (Å²) < 4.78 is 13.9. The van der Waals surface area contributed by atoms with Crippen molar-refractivity contribution in [1.29, 1.82) is 0 Å². The molecule has 0 aliphatic carbocycles. The highest BCUT2D eigenvalue weighted by Gasteiger charge is 2.13. The first-order valence-corrected chi connectivity index (χ1v) is 5.56. The van der Waals surface area contributed by atoms with E-state index in [2.05, 4.69) is 26.2 Å². The second-order valence-electron chi connectivity index (χ2n) is 3.40. The predicted molar refractivity (Wildman–Crippen MR) is 67.3 cm³/mol. The average molecular weight is 298 g/mol. The molecule has 88 valence electrons. The molecule has 0 saturated heterocycles. The summed E-state index contributed by atoms with van der Waals surface area (Å²) in [5.74, 6) is -0.959. The van der Waals surface area contributed by atoms with Gasteiger partial charge in [0.1, 0.15) is 11.5 Å². The van der Waals surface area contributed by atoms with Crippen LogP contribution in [0.2, 0.25) is 0 Å². The van der Waals surface area contributed by atoms with Gasteiger partial charge in [-0.2, -0.15) is 0 Å². The second-order valence-corrected chi connectivity index (χ2v) is 4.25. The van der Waals surface area contributed by atoms with Crippen LogP contribution in [-0.2, 0) is 0 Å². The van der Waals surface area contributed by atoms with Gasteiger partial charge in [0, 0.05) is 16.4 Å². The van der Waals surface area contributed by atoms with Crippen molar-refractivity contribution in [3.05, 3.63) is 46.4 Å². The van der Waals surface area contributed by atoms with Crippen molar-refractivity contribution in [2.45, 2.75) is 0 Å². The Hall–Kier alpha value is -1.82. The Bertz CT molecular complexity index is 547. The van der Waals surface area contributed by atoms with Crippen molar-refractivity contribution < 1.29 is 9.18 Å². The molecular weight excluding hydrogens is 289 g/mol. The van der Waals surface area contributed by atoms with Gasteiger partial charge in [0.05, 0.1) is 5.69 Å². The monoisotopic (exact) mass is 297 g/mol. The molecule has 1 aromatic heterocycles. The lowest BCUT2D eigenvalue weighted by Gasteiger charge is -2.07. The molecule has 6 heteroatoms. The number of amides is 1. The van der Waals surface area contributed by atoms with Crippen LogP contribution in [0.3, 0.4) is 0 Å². The number of nitrogen functional groups attached to an aromatic ring is 1. The lowest BCUT2D eigenvalue weighted by atomic mass is 10.3. The van der Waals surface area contributed by atoms with E-state index in [1.807, 2.05) is 0 Å². The van der Waals surface area contributed by atoms with Crippen LogP contribution < -0.4 is 11.1 Å². The fourth-order valence-corrected chi connectivity index (χ4v) is 1.78. The molecule has 1 aromatic carbocycles. The first-order chi connectivity index (χ1) is 8.08. The summed E-state index contributed by atoms with van der Waals surface area (Å²) in [6, 6.07) is 5.93. The number of hydrogen-bond acceptors (Lipinski definition) is 2. The van der Waals surface area contributed by atoms with E-state index in [-0.39, 0.29) is 11.4 Å². The Labute approximate surface area is 105 Å². The molecule has 2 aromatic rings. The van der Waals surface area contributed by atoms with E-state index in [4.69, 9.17) is 5.73 Å². The maximum Gasteiger partial charge on any atom is 0.272 e. The number of H-pyrrole nitrogens is 1. The highest BCUT2D eigenvalue weighted by Crippen LogP contribution is 2.25. The van der Waals surface area contributed by atoms with Gasteiger partial charge in [0.15, 0.2) is 0 Å². The molecule has 4 N–H and O–H groups in total. The van der Waals surface area contributed by atoms with Gasteiger partial charge in [-0.15, -0.1) is 0 Å². The lowest BCUT2D eigenvalue weighted by molar-refractivity contribution is 0.102. The number of rotatable bonds is 2. The molecule has 1 heterocycles. The van der Waals surface area contributed by atoms with Crippen LogP contribution >= 0.6 is 15.9 Å². The number of nitrogens with one attached hydrogen (secondary N) is 2. The summed E-state index contributed by atoms with van der Waals surface area (Å²) in [6.45, 7) is 0. The van der Waals surface area contributed by atoms with E-state index in [9.17, 15) is 9.18 Å². The lowest BCUT2D eigenvalue weighted by Crippen LogP contribution is -2.13. The summed E-state index contributed by atoms with van der Waals surface area (Å²) in [5.41, 5.74) is 6.30. The van der Waals surface area contributed by atoms with Crippen LogP contribution in [0, 0.1) is 5.82 Å². The average Bonchev–Trinajstić information content (AvgIpc) is 2.70. The number of anilines is 2. The molecule has 0 aliphatic heterocycles. The molecule has 0 unspecified atom stereocenters. The molecule has 17 heavy (non-hydrogen) atoms. The topological polar surface area (TPSA) is 70.9 Å². The number of aromatic nitrogens is 1. The summed E-state index contributed by atoms with van der Waals surface area (Å²) in [4.78, 5) is 14.4. The Morgan fingerprint density at radius 3 is 2.82 bits per heavy atom. The highest BCUT2D eigenvalue weighted by molar-refractivity contribution is 9.10. The van der Waals surface area contributed by atoms with Gasteiger partial charge in [-0.3, -0.25) is 4.79 Å².